The number of hydrogen-bond acceptors (Lipinski definition) is 0. The van der Waals surface area contributed by atoms with Crippen molar-refractivity contribution < 1.29 is 0 Å². The molecule has 14 heavy (non-hydrogen) atoms. The summed E-state index contributed by atoms with van der Waals surface area (Å²) in [7, 11) is 0. The standard InChI is InChI=1S/C12H22Br2/c1-2-3-10-4-6-11(7-5-10)12(14)8-9-13/h10-12H,2-9H2,1H3. The van der Waals surface area contributed by atoms with Crippen LogP contribution in [0, 0.1) is 11.8 Å². The van der Waals surface area contributed by atoms with Crippen molar-refractivity contribution in [2.75, 3.05) is 5.33 Å². The Kier molecular flexibility index (Phi) is 6.76. The SMILES string of the molecule is CCCC1CCC(C(Br)CCBr)CC1. The molecule has 0 spiro atoms. The molecule has 1 unspecified atom stereocenters. The average Bonchev–Trinajstić information content (AvgIpc) is 2.20. The van der Waals surface area contributed by atoms with Gasteiger partial charge in [0.25, 0.3) is 0 Å². The van der Waals surface area contributed by atoms with Crippen molar-refractivity contribution >= 4 is 31.9 Å². The summed E-state index contributed by atoms with van der Waals surface area (Å²) >= 11 is 7.35. The Morgan fingerprint density at radius 2 is 1.86 bits per heavy atom. The fraction of sp³-hybridized carbons (Fsp3) is 1.00. The van der Waals surface area contributed by atoms with Crippen LogP contribution in [0.2, 0.25) is 0 Å². The summed E-state index contributed by atoms with van der Waals surface area (Å²) < 4.78 is 0. The van der Waals surface area contributed by atoms with Gasteiger partial charge in [0.05, 0.1) is 0 Å². The lowest BCUT2D eigenvalue weighted by Gasteiger charge is -2.31. The van der Waals surface area contributed by atoms with Crippen LogP contribution in [0.4, 0.5) is 0 Å². The summed E-state index contributed by atoms with van der Waals surface area (Å²) in [5.41, 5.74) is 0. The summed E-state index contributed by atoms with van der Waals surface area (Å²) in [5.74, 6) is 1.99. The Balaban J connectivity index is 2.21. The molecule has 0 aromatic rings. The summed E-state index contributed by atoms with van der Waals surface area (Å²) in [6.45, 7) is 2.31. The molecule has 0 aliphatic heterocycles. The lowest BCUT2D eigenvalue weighted by molar-refractivity contribution is 0.258. The minimum atomic E-state index is 0.754. The Bertz CT molecular complexity index is 139. The van der Waals surface area contributed by atoms with Gasteiger partial charge in [-0.15, -0.1) is 0 Å². The van der Waals surface area contributed by atoms with Crippen molar-refractivity contribution in [1.29, 1.82) is 0 Å². The topological polar surface area (TPSA) is 0 Å². The van der Waals surface area contributed by atoms with E-state index in [2.05, 4.69) is 38.8 Å². The molecule has 0 amide bonds. The Morgan fingerprint density at radius 1 is 1.21 bits per heavy atom. The van der Waals surface area contributed by atoms with Crippen LogP contribution in [0.3, 0.4) is 0 Å². The van der Waals surface area contributed by atoms with Gasteiger partial charge in [-0.25, -0.2) is 0 Å². The van der Waals surface area contributed by atoms with E-state index in [1.165, 1.54) is 44.9 Å². The predicted octanol–water partition coefficient (Wildman–Crippen LogP) is 5.14. The summed E-state index contributed by atoms with van der Waals surface area (Å²) in [6, 6.07) is 0. The number of alkyl halides is 2. The van der Waals surface area contributed by atoms with Crippen molar-refractivity contribution in [3.8, 4) is 0 Å². The Labute approximate surface area is 105 Å². The average molecular weight is 326 g/mol. The van der Waals surface area contributed by atoms with Gasteiger partial charge in [-0.1, -0.05) is 64.5 Å². The second-order valence-electron chi connectivity index (χ2n) is 4.56. The van der Waals surface area contributed by atoms with Crippen molar-refractivity contribution in [1.82, 2.24) is 0 Å². The van der Waals surface area contributed by atoms with Crippen molar-refractivity contribution in [2.45, 2.75) is 56.7 Å². The second kappa shape index (κ2) is 7.27. The minimum Gasteiger partial charge on any atom is -0.0928 e. The van der Waals surface area contributed by atoms with E-state index in [0.717, 1.165) is 22.0 Å². The highest BCUT2D eigenvalue weighted by molar-refractivity contribution is 9.10. The molecular formula is C12H22Br2. The molecule has 0 heterocycles. The van der Waals surface area contributed by atoms with Crippen molar-refractivity contribution in [3.05, 3.63) is 0 Å². The van der Waals surface area contributed by atoms with E-state index in [4.69, 9.17) is 0 Å². The third-order valence-electron chi connectivity index (χ3n) is 3.48. The van der Waals surface area contributed by atoms with Crippen LogP contribution in [-0.2, 0) is 0 Å². The highest BCUT2D eigenvalue weighted by Gasteiger charge is 2.25. The maximum Gasteiger partial charge on any atom is 0.0182 e. The van der Waals surface area contributed by atoms with Gasteiger partial charge in [-0.3, -0.25) is 0 Å². The third kappa shape index (κ3) is 4.22. The first-order chi connectivity index (χ1) is 6.77. The van der Waals surface area contributed by atoms with Crippen LogP contribution in [0.1, 0.15) is 51.9 Å². The van der Waals surface area contributed by atoms with Crippen LogP contribution >= 0.6 is 31.9 Å². The van der Waals surface area contributed by atoms with Crippen LogP contribution in [0.25, 0.3) is 0 Å². The summed E-state index contributed by atoms with van der Waals surface area (Å²) in [5, 5.41) is 1.14. The van der Waals surface area contributed by atoms with Gasteiger partial charge in [-0.05, 0) is 31.1 Å². The molecule has 1 rings (SSSR count). The third-order valence-corrected chi connectivity index (χ3v) is 5.15. The maximum atomic E-state index is 3.83. The van der Waals surface area contributed by atoms with E-state index in [-0.39, 0.29) is 0 Å². The highest BCUT2D eigenvalue weighted by atomic mass is 79.9. The van der Waals surface area contributed by atoms with E-state index in [1.54, 1.807) is 0 Å². The molecule has 1 atom stereocenters. The van der Waals surface area contributed by atoms with Crippen LogP contribution in [-0.4, -0.2) is 10.2 Å². The molecule has 1 aliphatic rings. The normalized spacial score (nSPS) is 30.2. The lowest BCUT2D eigenvalue weighted by Crippen LogP contribution is -2.22. The van der Waals surface area contributed by atoms with Crippen molar-refractivity contribution in [3.63, 3.8) is 0 Å². The molecule has 0 bridgehead atoms. The van der Waals surface area contributed by atoms with Gasteiger partial charge in [0.2, 0.25) is 0 Å². The highest BCUT2D eigenvalue weighted by Crippen LogP contribution is 2.36. The molecule has 1 fully saturated rings. The second-order valence-corrected chi connectivity index (χ2v) is 6.53. The first-order valence-corrected chi connectivity index (χ1v) is 8.01. The molecule has 0 saturated heterocycles. The van der Waals surface area contributed by atoms with Crippen LogP contribution in [0.15, 0.2) is 0 Å². The Hall–Kier alpha value is 0.960. The first kappa shape index (κ1) is 13.0. The van der Waals surface area contributed by atoms with E-state index in [9.17, 15) is 0 Å². The largest absolute Gasteiger partial charge is 0.0928 e. The van der Waals surface area contributed by atoms with E-state index >= 15 is 0 Å². The van der Waals surface area contributed by atoms with E-state index < -0.39 is 0 Å². The number of halogens is 2. The number of rotatable bonds is 5. The van der Waals surface area contributed by atoms with Gasteiger partial charge < -0.3 is 0 Å². The number of hydrogen-bond donors (Lipinski definition) is 0. The van der Waals surface area contributed by atoms with Gasteiger partial charge >= 0.3 is 0 Å². The summed E-state index contributed by atoms with van der Waals surface area (Å²) in [4.78, 5) is 0.754. The fourth-order valence-corrected chi connectivity index (χ4v) is 4.45. The molecule has 1 saturated carbocycles. The molecule has 0 aromatic carbocycles. The zero-order chi connectivity index (χ0) is 10.4. The van der Waals surface area contributed by atoms with E-state index in [0.29, 0.717) is 0 Å². The molecule has 2 heteroatoms. The Morgan fingerprint density at radius 3 is 2.36 bits per heavy atom. The lowest BCUT2D eigenvalue weighted by atomic mass is 9.78. The minimum absolute atomic E-state index is 0.754. The molecule has 0 nitrogen and oxygen atoms in total. The molecule has 1 aliphatic carbocycles. The van der Waals surface area contributed by atoms with Crippen molar-refractivity contribution in [2.24, 2.45) is 11.8 Å². The first-order valence-electron chi connectivity index (χ1n) is 5.98. The maximum absolute atomic E-state index is 3.83. The monoisotopic (exact) mass is 324 g/mol. The smallest absolute Gasteiger partial charge is 0.0182 e. The zero-order valence-corrected chi connectivity index (χ0v) is 12.3. The zero-order valence-electron chi connectivity index (χ0n) is 9.14. The molecule has 0 aromatic heterocycles. The predicted molar refractivity (Wildman–Crippen MR) is 71.5 cm³/mol. The summed E-state index contributed by atoms with van der Waals surface area (Å²) in [6.07, 6.45) is 9.96. The van der Waals surface area contributed by atoms with E-state index in [1.807, 2.05) is 0 Å². The molecule has 84 valence electrons. The quantitative estimate of drug-likeness (QED) is 0.614. The van der Waals surface area contributed by atoms with Crippen LogP contribution < -0.4 is 0 Å². The van der Waals surface area contributed by atoms with Gasteiger partial charge in [0.15, 0.2) is 0 Å². The molecular weight excluding hydrogens is 304 g/mol. The van der Waals surface area contributed by atoms with Gasteiger partial charge in [0, 0.05) is 10.2 Å². The van der Waals surface area contributed by atoms with Crippen LogP contribution in [0.5, 0.6) is 0 Å². The molecule has 0 radical (unpaired) electrons. The van der Waals surface area contributed by atoms with Gasteiger partial charge in [-0.2, -0.15) is 0 Å². The van der Waals surface area contributed by atoms with Gasteiger partial charge in [0.1, 0.15) is 0 Å². The molecule has 0 N–H and O–H groups in total. The fourth-order valence-electron chi connectivity index (χ4n) is 2.59.